The molecule has 0 spiro atoms. The average Bonchev–Trinajstić information content (AvgIpc) is 2.85. The van der Waals surface area contributed by atoms with Crippen LogP contribution in [0.1, 0.15) is 31.8 Å². The van der Waals surface area contributed by atoms with Crippen LogP contribution < -0.4 is 20.1 Å². The molecule has 0 aliphatic carbocycles. The highest BCUT2D eigenvalue weighted by molar-refractivity contribution is 6.00. The zero-order valence-electron chi connectivity index (χ0n) is 19.6. The van der Waals surface area contributed by atoms with Gasteiger partial charge in [-0.05, 0) is 43.2 Å². The first kappa shape index (κ1) is 25.2. The number of aryl methyl sites for hydroxylation is 2. The van der Waals surface area contributed by atoms with E-state index in [2.05, 4.69) is 10.6 Å². The number of carbonyl (C=O) groups is 2. The van der Waals surface area contributed by atoms with E-state index in [0.29, 0.717) is 11.5 Å². The maximum atomic E-state index is 12.6. The van der Waals surface area contributed by atoms with Gasteiger partial charge in [-0.2, -0.15) is 0 Å². The Morgan fingerprint density at radius 1 is 0.771 bits per heavy atom. The first-order valence-electron chi connectivity index (χ1n) is 11.1. The maximum absolute atomic E-state index is 12.6. The summed E-state index contributed by atoms with van der Waals surface area (Å²) in [4.78, 5) is 35.9. The summed E-state index contributed by atoms with van der Waals surface area (Å²) in [7, 11) is 0. The number of para-hydroxylation sites is 2. The SMILES string of the molecule is Cc1ccccc1OCCNC(=O)c1cc(C(=O)NCCOc2ccccc2C)cc([N+](=O)[O-])c1. The van der Waals surface area contributed by atoms with Crippen molar-refractivity contribution in [1.29, 1.82) is 0 Å². The molecular formula is C26H27N3O6. The first-order chi connectivity index (χ1) is 16.8. The van der Waals surface area contributed by atoms with Crippen LogP contribution >= 0.6 is 0 Å². The molecule has 0 saturated carbocycles. The van der Waals surface area contributed by atoms with Gasteiger partial charge in [0.25, 0.3) is 17.5 Å². The molecule has 0 radical (unpaired) electrons. The highest BCUT2D eigenvalue weighted by Gasteiger charge is 2.18. The fraction of sp³-hybridized carbons (Fsp3) is 0.231. The van der Waals surface area contributed by atoms with Gasteiger partial charge in [0.15, 0.2) is 0 Å². The maximum Gasteiger partial charge on any atom is 0.271 e. The zero-order chi connectivity index (χ0) is 25.2. The van der Waals surface area contributed by atoms with Crippen molar-refractivity contribution in [1.82, 2.24) is 10.6 Å². The summed E-state index contributed by atoms with van der Waals surface area (Å²) in [6.45, 7) is 4.65. The molecule has 0 saturated heterocycles. The van der Waals surface area contributed by atoms with Gasteiger partial charge in [-0.1, -0.05) is 36.4 Å². The highest BCUT2D eigenvalue weighted by atomic mass is 16.6. The van der Waals surface area contributed by atoms with E-state index in [0.717, 1.165) is 23.3 Å². The number of carbonyl (C=O) groups excluding carboxylic acids is 2. The molecule has 2 N–H and O–H groups in total. The topological polar surface area (TPSA) is 120 Å². The number of amides is 2. The van der Waals surface area contributed by atoms with Crippen molar-refractivity contribution in [3.63, 3.8) is 0 Å². The molecule has 0 bridgehead atoms. The zero-order valence-corrected chi connectivity index (χ0v) is 19.6. The van der Waals surface area contributed by atoms with Crippen molar-refractivity contribution in [2.24, 2.45) is 0 Å². The van der Waals surface area contributed by atoms with Gasteiger partial charge in [-0.3, -0.25) is 19.7 Å². The van der Waals surface area contributed by atoms with Crippen LogP contribution in [0.3, 0.4) is 0 Å². The van der Waals surface area contributed by atoms with Gasteiger partial charge in [0.1, 0.15) is 24.7 Å². The second kappa shape index (κ2) is 12.2. The van der Waals surface area contributed by atoms with Gasteiger partial charge in [-0.15, -0.1) is 0 Å². The van der Waals surface area contributed by atoms with Crippen LogP contribution in [0, 0.1) is 24.0 Å². The number of nitro groups is 1. The van der Waals surface area contributed by atoms with E-state index >= 15 is 0 Å². The number of non-ortho nitro benzene ring substituents is 1. The fourth-order valence-corrected chi connectivity index (χ4v) is 3.27. The van der Waals surface area contributed by atoms with E-state index in [4.69, 9.17) is 9.47 Å². The second-order valence-electron chi connectivity index (χ2n) is 7.77. The number of nitrogens with zero attached hydrogens (tertiary/aromatic N) is 1. The Balaban J connectivity index is 1.56. The van der Waals surface area contributed by atoms with Crippen molar-refractivity contribution >= 4 is 17.5 Å². The van der Waals surface area contributed by atoms with Gasteiger partial charge < -0.3 is 20.1 Å². The summed E-state index contributed by atoms with van der Waals surface area (Å²) in [5.74, 6) is 0.336. The largest absolute Gasteiger partial charge is 0.491 e. The Morgan fingerprint density at radius 3 is 1.60 bits per heavy atom. The van der Waals surface area contributed by atoms with Crippen molar-refractivity contribution < 1.29 is 24.0 Å². The molecule has 3 rings (SSSR count). The molecule has 0 aliphatic heterocycles. The predicted molar refractivity (Wildman–Crippen MR) is 131 cm³/mol. The minimum atomic E-state index is -0.643. The molecule has 0 atom stereocenters. The first-order valence-corrected chi connectivity index (χ1v) is 11.1. The van der Waals surface area contributed by atoms with Crippen LogP contribution in [0.2, 0.25) is 0 Å². The number of nitrogens with one attached hydrogen (secondary N) is 2. The molecule has 0 fully saturated rings. The third-order valence-corrected chi connectivity index (χ3v) is 5.13. The molecule has 0 aliphatic rings. The summed E-state index contributed by atoms with van der Waals surface area (Å²) in [5, 5.41) is 16.7. The van der Waals surface area contributed by atoms with E-state index in [1.54, 1.807) is 0 Å². The van der Waals surface area contributed by atoms with Crippen LogP contribution in [0.15, 0.2) is 66.7 Å². The molecule has 0 heterocycles. The van der Waals surface area contributed by atoms with E-state index in [-0.39, 0.29) is 43.1 Å². The number of rotatable bonds is 11. The molecule has 9 heteroatoms. The summed E-state index contributed by atoms with van der Waals surface area (Å²) >= 11 is 0. The third-order valence-electron chi connectivity index (χ3n) is 5.13. The molecule has 35 heavy (non-hydrogen) atoms. The van der Waals surface area contributed by atoms with Gasteiger partial charge in [-0.25, -0.2) is 0 Å². The Bertz CT molecular complexity index is 1130. The molecule has 3 aromatic rings. The van der Waals surface area contributed by atoms with Crippen LogP contribution in [-0.2, 0) is 0 Å². The van der Waals surface area contributed by atoms with E-state index in [1.165, 1.54) is 6.07 Å². The fourth-order valence-electron chi connectivity index (χ4n) is 3.27. The Kier molecular flexibility index (Phi) is 8.77. The lowest BCUT2D eigenvalue weighted by Crippen LogP contribution is -2.30. The molecule has 0 unspecified atom stereocenters. The summed E-state index contributed by atoms with van der Waals surface area (Å²) in [6.07, 6.45) is 0. The lowest BCUT2D eigenvalue weighted by Gasteiger charge is -2.11. The van der Waals surface area contributed by atoms with E-state index in [9.17, 15) is 19.7 Å². The van der Waals surface area contributed by atoms with E-state index < -0.39 is 16.7 Å². The summed E-state index contributed by atoms with van der Waals surface area (Å²) in [6, 6.07) is 18.6. The number of hydrogen-bond donors (Lipinski definition) is 2. The quantitative estimate of drug-likeness (QED) is 0.246. The minimum absolute atomic E-state index is 0.0106. The Morgan fingerprint density at radius 2 is 1.20 bits per heavy atom. The number of nitro benzene ring substituents is 1. The van der Waals surface area contributed by atoms with Gasteiger partial charge in [0, 0.05) is 23.3 Å². The summed E-state index contributed by atoms with van der Waals surface area (Å²) in [5.41, 5.74) is 1.61. The van der Waals surface area contributed by atoms with Crippen molar-refractivity contribution in [2.75, 3.05) is 26.3 Å². The Hall–Kier alpha value is -4.40. The van der Waals surface area contributed by atoms with Crippen molar-refractivity contribution in [2.45, 2.75) is 13.8 Å². The number of benzene rings is 3. The molecule has 0 aromatic heterocycles. The van der Waals surface area contributed by atoms with Gasteiger partial charge in [0.2, 0.25) is 0 Å². The second-order valence-corrected chi connectivity index (χ2v) is 7.77. The molecular weight excluding hydrogens is 450 g/mol. The average molecular weight is 478 g/mol. The minimum Gasteiger partial charge on any atom is -0.491 e. The van der Waals surface area contributed by atoms with E-state index in [1.807, 2.05) is 62.4 Å². The monoisotopic (exact) mass is 477 g/mol. The predicted octanol–water partition coefficient (Wildman–Crippen LogP) is 3.83. The standard InChI is InChI=1S/C26H27N3O6/c1-18-7-3-5-9-23(18)34-13-11-27-25(30)20-15-21(17-22(16-20)29(32)33)26(31)28-12-14-35-24-10-6-4-8-19(24)2/h3-10,15-17H,11-14H2,1-2H3,(H,27,30)(H,28,31). The number of ether oxygens (including phenoxy) is 2. The van der Waals surface area contributed by atoms with Crippen LogP contribution in [0.4, 0.5) is 5.69 Å². The summed E-state index contributed by atoms with van der Waals surface area (Å²) < 4.78 is 11.3. The third kappa shape index (κ3) is 7.29. The van der Waals surface area contributed by atoms with Gasteiger partial charge >= 0.3 is 0 Å². The molecule has 182 valence electrons. The normalized spacial score (nSPS) is 10.3. The number of hydrogen-bond acceptors (Lipinski definition) is 6. The molecule has 9 nitrogen and oxygen atoms in total. The molecule has 2 amide bonds. The lowest BCUT2D eigenvalue weighted by molar-refractivity contribution is -0.384. The Labute approximate surface area is 203 Å². The van der Waals surface area contributed by atoms with Crippen LogP contribution in [0.5, 0.6) is 11.5 Å². The van der Waals surface area contributed by atoms with Crippen LogP contribution in [-0.4, -0.2) is 43.0 Å². The van der Waals surface area contributed by atoms with Crippen LogP contribution in [0.25, 0.3) is 0 Å². The van der Waals surface area contributed by atoms with Gasteiger partial charge in [0.05, 0.1) is 18.0 Å². The van der Waals surface area contributed by atoms with Crippen molar-refractivity contribution in [3.05, 3.63) is 99.1 Å². The molecule has 3 aromatic carbocycles. The lowest BCUT2D eigenvalue weighted by atomic mass is 10.1. The smallest absolute Gasteiger partial charge is 0.271 e. The highest BCUT2D eigenvalue weighted by Crippen LogP contribution is 2.19. The van der Waals surface area contributed by atoms with Crippen molar-refractivity contribution in [3.8, 4) is 11.5 Å².